The summed E-state index contributed by atoms with van der Waals surface area (Å²) in [6.07, 6.45) is 0. The van der Waals surface area contributed by atoms with Gasteiger partial charge in [-0.2, -0.15) is 0 Å². The van der Waals surface area contributed by atoms with E-state index >= 15 is 4.79 Å². The maximum Gasteiger partial charge on any atom is 0.340 e. The molecule has 10 heteroatoms. The Hall–Kier alpha value is -8.61. The lowest BCUT2D eigenvalue weighted by Gasteiger charge is -2.55. The number of anilines is 9. The molecule has 73 heavy (non-hydrogen) atoms. The van der Waals surface area contributed by atoms with Gasteiger partial charge in [-0.05, 0) is 124 Å². The zero-order valence-corrected chi connectivity index (χ0v) is 41.0. The van der Waals surface area contributed by atoms with Gasteiger partial charge in [-0.15, -0.1) is 0 Å². The summed E-state index contributed by atoms with van der Waals surface area (Å²) in [5, 5.41) is 0. The number of nitrogens with zero attached hydrogens (tertiary/aromatic N) is 5. The van der Waals surface area contributed by atoms with Crippen LogP contribution >= 0.6 is 0 Å². The SMILES string of the molecule is Cc1ccc(C)c(N2C(=O)N(c3cc(C)ccc3C)C3=CB4c5cccc6c5N(c5ccccc5B6c5ccccc5)c5cc6c7c(c54)N3C2=CB7c2cccc3c2N6c2ccccc2B3c2ccccc2)c1. The molecule has 7 aliphatic rings. The molecule has 0 aromatic heterocycles. The Morgan fingerprint density at radius 1 is 0.329 bits per heavy atom. The highest BCUT2D eigenvalue weighted by atomic mass is 16.2. The zero-order chi connectivity index (χ0) is 48.5. The highest BCUT2D eigenvalue weighted by molar-refractivity contribution is 7.03. The van der Waals surface area contributed by atoms with E-state index in [0.29, 0.717) is 0 Å². The summed E-state index contributed by atoms with van der Waals surface area (Å²) in [4.78, 5) is 28.1. The Labute approximate surface area is 427 Å². The van der Waals surface area contributed by atoms with E-state index < -0.39 is 0 Å². The van der Waals surface area contributed by atoms with Crippen molar-refractivity contribution < 1.29 is 4.79 Å². The maximum atomic E-state index is 16.4. The minimum Gasteiger partial charge on any atom is -0.312 e. The molecule has 0 unspecified atom stereocenters. The second kappa shape index (κ2) is 14.7. The predicted molar refractivity (Wildman–Crippen MR) is 309 cm³/mol. The fraction of sp³-hybridized carbons (Fsp3) is 0.0635. The molecule has 0 radical (unpaired) electrons. The van der Waals surface area contributed by atoms with Gasteiger partial charge in [0.15, 0.2) is 0 Å². The minimum atomic E-state index is -0.175. The molecule has 0 aliphatic carbocycles. The van der Waals surface area contributed by atoms with Crippen LogP contribution in [0.25, 0.3) is 0 Å². The van der Waals surface area contributed by atoms with Crippen molar-refractivity contribution in [3.63, 3.8) is 0 Å². The molecule has 9 aromatic rings. The third kappa shape index (κ3) is 5.35. The lowest BCUT2D eigenvalue weighted by atomic mass is 9.29. The van der Waals surface area contributed by atoms with Crippen molar-refractivity contribution in [2.75, 3.05) is 24.5 Å². The number of carbonyl (C=O) groups excluding carboxylic acids is 1. The second-order valence-corrected chi connectivity index (χ2v) is 21.0. The largest absolute Gasteiger partial charge is 0.340 e. The molecule has 0 saturated carbocycles. The monoisotopic (exact) mass is 931 g/mol. The third-order valence-corrected chi connectivity index (χ3v) is 17.0. The zero-order valence-electron chi connectivity index (χ0n) is 41.0. The number of hydrogen-bond donors (Lipinski definition) is 0. The number of hydrogen-bond acceptors (Lipinski definition) is 4. The average Bonchev–Trinajstić information content (AvgIpc) is 3.42. The summed E-state index contributed by atoms with van der Waals surface area (Å²) in [5.74, 6) is 6.58. The standard InChI is InChI=1S/C63H45B4N5O/c1-38-29-31-40(3)52(33-38)70-56-36-64-46-23-15-25-48-60(46)68(50-27-13-11-21-44(50)66(48)42-17-7-5-8-18-42)54-35-55-59-62(58(54)64)72(56)57(71(63(70)73)53-34-39(2)30-32-41(53)4)37-65(59)47-24-16-26-49-61(47)69(55)51-28-14-12-22-45(51)67(49)43-19-9-6-10-20-43/h5-37H,1-4H3. The number of urea groups is 1. The molecule has 0 bridgehead atoms. The van der Waals surface area contributed by atoms with E-state index in [0.717, 1.165) is 51.0 Å². The first-order chi connectivity index (χ1) is 35.8. The normalized spacial score (nSPS) is 15.6. The van der Waals surface area contributed by atoms with Gasteiger partial charge in [0.1, 0.15) is 11.6 Å². The van der Waals surface area contributed by atoms with E-state index in [-0.39, 0.29) is 32.9 Å². The molecule has 340 valence electrons. The van der Waals surface area contributed by atoms with Gasteiger partial charge in [-0.3, -0.25) is 4.90 Å². The van der Waals surface area contributed by atoms with Gasteiger partial charge in [-0.25, -0.2) is 14.6 Å². The van der Waals surface area contributed by atoms with Crippen LogP contribution in [-0.2, 0) is 0 Å². The number of fused-ring (bicyclic) bond motifs is 8. The van der Waals surface area contributed by atoms with Crippen LogP contribution in [0.2, 0.25) is 0 Å². The van der Waals surface area contributed by atoms with Crippen LogP contribution in [0.15, 0.2) is 212 Å². The smallest absolute Gasteiger partial charge is 0.312 e. The number of para-hydroxylation sites is 4. The lowest BCUT2D eigenvalue weighted by Crippen LogP contribution is -2.70. The summed E-state index contributed by atoms with van der Waals surface area (Å²) in [6, 6.07) is 69.6. The van der Waals surface area contributed by atoms with E-state index in [1.165, 1.54) is 88.8 Å². The summed E-state index contributed by atoms with van der Waals surface area (Å²) in [5.41, 5.74) is 27.1. The summed E-state index contributed by atoms with van der Waals surface area (Å²) in [7, 11) is 0. The number of carbonyl (C=O) groups is 1. The summed E-state index contributed by atoms with van der Waals surface area (Å²) < 4.78 is 0. The summed E-state index contributed by atoms with van der Waals surface area (Å²) >= 11 is 0. The van der Waals surface area contributed by atoms with E-state index in [1.54, 1.807) is 0 Å². The van der Waals surface area contributed by atoms with Crippen molar-refractivity contribution in [1.29, 1.82) is 0 Å². The topological polar surface area (TPSA) is 33.3 Å². The van der Waals surface area contributed by atoms with Gasteiger partial charge in [0.05, 0.1) is 11.4 Å². The molecule has 9 aromatic carbocycles. The van der Waals surface area contributed by atoms with Crippen LogP contribution in [-0.4, -0.2) is 32.9 Å². The Morgan fingerprint density at radius 2 is 0.740 bits per heavy atom. The van der Waals surface area contributed by atoms with Gasteiger partial charge in [-0.1, -0.05) is 181 Å². The average molecular weight is 931 g/mol. The second-order valence-electron chi connectivity index (χ2n) is 21.0. The molecule has 0 atom stereocenters. The van der Waals surface area contributed by atoms with Gasteiger partial charge in [0, 0.05) is 39.8 Å². The van der Waals surface area contributed by atoms with Crippen molar-refractivity contribution in [2.45, 2.75) is 27.7 Å². The lowest BCUT2D eigenvalue weighted by molar-refractivity contribution is 0.252. The highest BCUT2D eigenvalue weighted by Gasteiger charge is 2.56. The number of rotatable bonds is 4. The molecule has 6 nitrogen and oxygen atoms in total. The van der Waals surface area contributed by atoms with E-state index in [2.05, 4.69) is 242 Å². The van der Waals surface area contributed by atoms with Crippen LogP contribution < -0.4 is 79.1 Å². The highest BCUT2D eigenvalue weighted by Crippen LogP contribution is 2.51. The maximum absolute atomic E-state index is 16.4. The fourth-order valence-electron chi connectivity index (χ4n) is 14.0. The number of aryl methyl sites for hydroxylation is 4. The fourth-order valence-corrected chi connectivity index (χ4v) is 14.0. The number of benzene rings is 9. The van der Waals surface area contributed by atoms with Gasteiger partial charge < -0.3 is 9.80 Å². The number of amides is 2. The van der Waals surface area contributed by atoms with Crippen LogP contribution in [0.5, 0.6) is 0 Å². The van der Waals surface area contributed by atoms with Gasteiger partial charge in [0.2, 0.25) is 26.9 Å². The Morgan fingerprint density at radius 3 is 1.21 bits per heavy atom. The summed E-state index contributed by atoms with van der Waals surface area (Å²) in [6.45, 7) is 8.23. The molecule has 1 saturated heterocycles. The van der Waals surface area contributed by atoms with Crippen LogP contribution in [0.1, 0.15) is 22.3 Å². The Bertz CT molecular complexity index is 3770. The van der Waals surface area contributed by atoms with Crippen LogP contribution in [0.4, 0.5) is 56.0 Å². The van der Waals surface area contributed by atoms with Crippen molar-refractivity contribution >= 4 is 139 Å². The molecule has 7 heterocycles. The molecular weight excluding hydrogens is 886 g/mol. The van der Waals surface area contributed by atoms with E-state index in [4.69, 9.17) is 0 Å². The molecular formula is C63H45B4N5O. The van der Waals surface area contributed by atoms with Gasteiger partial charge in [0.25, 0.3) is 0 Å². The third-order valence-electron chi connectivity index (χ3n) is 17.0. The predicted octanol–water partition coefficient (Wildman–Crippen LogP) is 7.11. The first-order valence-electron chi connectivity index (χ1n) is 25.7. The molecule has 1 fully saturated rings. The first kappa shape index (κ1) is 41.1. The van der Waals surface area contributed by atoms with Gasteiger partial charge >= 0.3 is 6.03 Å². The molecule has 2 amide bonds. The van der Waals surface area contributed by atoms with Crippen LogP contribution in [0, 0.1) is 27.7 Å². The molecule has 16 rings (SSSR count). The quantitative estimate of drug-likeness (QED) is 0.177. The van der Waals surface area contributed by atoms with E-state index in [9.17, 15) is 0 Å². The molecule has 0 N–H and O–H groups in total. The van der Waals surface area contributed by atoms with Crippen molar-refractivity contribution in [3.8, 4) is 0 Å². The van der Waals surface area contributed by atoms with Crippen molar-refractivity contribution in [1.82, 2.24) is 0 Å². The van der Waals surface area contributed by atoms with Crippen molar-refractivity contribution in [3.05, 3.63) is 234 Å². The Kier molecular flexibility index (Phi) is 8.29. The molecule has 0 spiro atoms. The van der Waals surface area contributed by atoms with E-state index in [1.807, 2.05) is 9.80 Å². The molecule has 7 aliphatic heterocycles. The van der Waals surface area contributed by atoms with Crippen LogP contribution in [0.3, 0.4) is 0 Å². The Balaban J connectivity index is 1.06. The van der Waals surface area contributed by atoms with Crippen molar-refractivity contribution in [2.24, 2.45) is 0 Å². The first-order valence-corrected chi connectivity index (χ1v) is 25.7. The minimum absolute atomic E-state index is 0.0277.